The van der Waals surface area contributed by atoms with E-state index in [-0.39, 0.29) is 12.0 Å². The molecule has 0 saturated heterocycles. The van der Waals surface area contributed by atoms with Crippen LogP contribution in [0.25, 0.3) is 11.1 Å². The van der Waals surface area contributed by atoms with Gasteiger partial charge in [0.1, 0.15) is 11.3 Å². The zero-order chi connectivity index (χ0) is 12.7. The number of nitrogens with zero attached hydrogens (tertiary/aromatic N) is 1. The Morgan fingerprint density at radius 2 is 2.22 bits per heavy atom. The molecule has 4 heteroatoms. The predicted molar refractivity (Wildman–Crippen MR) is 69.9 cm³/mol. The van der Waals surface area contributed by atoms with Crippen LogP contribution in [0.15, 0.2) is 16.5 Å². The molecule has 1 aromatic carbocycles. The van der Waals surface area contributed by atoms with Crippen molar-refractivity contribution in [3.8, 4) is 5.75 Å². The van der Waals surface area contributed by atoms with Gasteiger partial charge in [0, 0.05) is 12.1 Å². The molecule has 2 unspecified atom stereocenters. The Bertz CT molecular complexity index is 576. The van der Waals surface area contributed by atoms with Crippen LogP contribution in [0, 0.1) is 6.92 Å². The average molecular weight is 246 g/mol. The van der Waals surface area contributed by atoms with E-state index in [0.717, 1.165) is 47.6 Å². The first-order chi connectivity index (χ1) is 8.69. The van der Waals surface area contributed by atoms with Crippen molar-refractivity contribution < 1.29 is 9.15 Å². The molecule has 18 heavy (non-hydrogen) atoms. The van der Waals surface area contributed by atoms with Crippen LogP contribution in [0.1, 0.15) is 36.6 Å². The van der Waals surface area contributed by atoms with Crippen LogP contribution < -0.4 is 10.5 Å². The second-order valence-electron chi connectivity index (χ2n) is 5.05. The van der Waals surface area contributed by atoms with Crippen molar-refractivity contribution in [1.82, 2.24) is 4.98 Å². The van der Waals surface area contributed by atoms with Gasteiger partial charge in [-0.25, -0.2) is 4.98 Å². The van der Waals surface area contributed by atoms with E-state index in [0.29, 0.717) is 0 Å². The van der Waals surface area contributed by atoms with Crippen molar-refractivity contribution in [2.24, 2.45) is 5.73 Å². The van der Waals surface area contributed by atoms with Crippen LogP contribution >= 0.6 is 0 Å². The van der Waals surface area contributed by atoms with Crippen LogP contribution in [-0.2, 0) is 0 Å². The lowest BCUT2D eigenvalue weighted by Crippen LogP contribution is -2.22. The number of hydrogen-bond acceptors (Lipinski definition) is 4. The van der Waals surface area contributed by atoms with Crippen molar-refractivity contribution in [2.75, 3.05) is 7.11 Å². The Labute approximate surface area is 106 Å². The fourth-order valence-electron chi connectivity index (χ4n) is 2.76. The summed E-state index contributed by atoms with van der Waals surface area (Å²) in [6.45, 7) is 2.01. The van der Waals surface area contributed by atoms with Gasteiger partial charge in [0.05, 0.1) is 13.0 Å². The van der Waals surface area contributed by atoms with Crippen LogP contribution in [0.4, 0.5) is 0 Å². The summed E-state index contributed by atoms with van der Waals surface area (Å²) in [5.74, 6) is 1.87. The second-order valence-corrected chi connectivity index (χ2v) is 5.05. The van der Waals surface area contributed by atoms with E-state index in [1.165, 1.54) is 0 Å². The van der Waals surface area contributed by atoms with E-state index in [2.05, 4.69) is 4.98 Å². The van der Waals surface area contributed by atoms with E-state index in [1.807, 2.05) is 19.1 Å². The molecule has 0 spiro atoms. The third kappa shape index (κ3) is 1.77. The molecule has 0 aliphatic heterocycles. The quantitative estimate of drug-likeness (QED) is 0.885. The Morgan fingerprint density at radius 3 is 2.89 bits per heavy atom. The van der Waals surface area contributed by atoms with Crippen LogP contribution in [-0.4, -0.2) is 18.1 Å². The molecule has 0 radical (unpaired) electrons. The number of hydrogen-bond donors (Lipinski definition) is 1. The number of methoxy groups -OCH3 is 1. The highest BCUT2D eigenvalue weighted by molar-refractivity contribution is 5.78. The lowest BCUT2D eigenvalue weighted by Gasteiger charge is -2.09. The second kappa shape index (κ2) is 4.28. The Morgan fingerprint density at radius 1 is 1.39 bits per heavy atom. The molecule has 1 fully saturated rings. The minimum absolute atomic E-state index is 0.181. The summed E-state index contributed by atoms with van der Waals surface area (Å²) in [6, 6.07) is 4.06. The van der Waals surface area contributed by atoms with Gasteiger partial charge in [-0.15, -0.1) is 0 Å². The summed E-state index contributed by atoms with van der Waals surface area (Å²) in [5.41, 5.74) is 8.87. The first-order valence-corrected chi connectivity index (χ1v) is 6.39. The van der Waals surface area contributed by atoms with E-state index >= 15 is 0 Å². The van der Waals surface area contributed by atoms with E-state index in [9.17, 15) is 0 Å². The smallest absolute Gasteiger partial charge is 0.200 e. The molecule has 1 heterocycles. The molecule has 2 aromatic rings. The van der Waals surface area contributed by atoms with Crippen molar-refractivity contribution in [1.29, 1.82) is 0 Å². The lowest BCUT2D eigenvalue weighted by molar-refractivity contribution is 0.414. The molecule has 0 amide bonds. The van der Waals surface area contributed by atoms with E-state index in [1.54, 1.807) is 7.11 Å². The van der Waals surface area contributed by atoms with E-state index < -0.39 is 0 Å². The van der Waals surface area contributed by atoms with Crippen LogP contribution in [0.5, 0.6) is 5.75 Å². The fraction of sp³-hybridized carbons (Fsp3) is 0.500. The molecule has 2 atom stereocenters. The molecule has 1 saturated carbocycles. The zero-order valence-corrected chi connectivity index (χ0v) is 10.8. The lowest BCUT2D eigenvalue weighted by atomic mass is 10.1. The number of oxazole rings is 1. The first kappa shape index (κ1) is 11.5. The molecule has 0 bridgehead atoms. The van der Waals surface area contributed by atoms with Gasteiger partial charge in [-0.3, -0.25) is 0 Å². The topological polar surface area (TPSA) is 61.3 Å². The number of ether oxygens (including phenoxy) is 1. The molecule has 2 N–H and O–H groups in total. The Kier molecular flexibility index (Phi) is 2.74. The van der Waals surface area contributed by atoms with Gasteiger partial charge in [-0.05, 0) is 31.4 Å². The number of fused-ring (bicyclic) bond motifs is 1. The molecular weight excluding hydrogens is 228 g/mol. The van der Waals surface area contributed by atoms with Gasteiger partial charge in [0.2, 0.25) is 0 Å². The third-order valence-corrected chi connectivity index (χ3v) is 3.79. The number of rotatable bonds is 2. The number of benzene rings is 1. The zero-order valence-electron chi connectivity index (χ0n) is 10.8. The van der Waals surface area contributed by atoms with Gasteiger partial charge < -0.3 is 14.9 Å². The summed E-state index contributed by atoms with van der Waals surface area (Å²) >= 11 is 0. The minimum Gasteiger partial charge on any atom is -0.497 e. The number of aryl methyl sites for hydroxylation is 1. The normalized spacial score (nSPS) is 23.7. The van der Waals surface area contributed by atoms with Gasteiger partial charge in [-0.1, -0.05) is 6.42 Å². The number of nitrogens with two attached hydrogens (primary N) is 1. The number of aromatic nitrogens is 1. The molecule has 4 nitrogen and oxygen atoms in total. The van der Waals surface area contributed by atoms with Crippen LogP contribution in [0.2, 0.25) is 0 Å². The monoisotopic (exact) mass is 246 g/mol. The van der Waals surface area contributed by atoms with Gasteiger partial charge in [0.15, 0.2) is 11.5 Å². The maximum absolute atomic E-state index is 6.10. The molecule has 1 aliphatic carbocycles. The maximum atomic E-state index is 6.10. The Hall–Kier alpha value is -1.55. The highest BCUT2D eigenvalue weighted by atomic mass is 16.5. The highest BCUT2D eigenvalue weighted by Crippen LogP contribution is 2.35. The molecule has 96 valence electrons. The largest absolute Gasteiger partial charge is 0.497 e. The minimum atomic E-state index is 0.181. The molecular formula is C14H18N2O2. The SMILES string of the molecule is COc1cc(C)c2oc(C3CCCC3N)nc2c1. The summed E-state index contributed by atoms with van der Waals surface area (Å²) < 4.78 is 11.2. The average Bonchev–Trinajstić information content (AvgIpc) is 2.94. The predicted octanol–water partition coefficient (Wildman–Crippen LogP) is 2.74. The summed E-state index contributed by atoms with van der Waals surface area (Å²) in [5, 5.41) is 0. The fourth-order valence-corrected chi connectivity index (χ4v) is 2.76. The summed E-state index contributed by atoms with van der Waals surface area (Å²) in [7, 11) is 1.66. The van der Waals surface area contributed by atoms with Crippen molar-refractivity contribution in [2.45, 2.75) is 38.1 Å². The third-order valence-electron chi connectivity index (χ3n) is 3.79. The molecule has 1 aromatic heterocycles. The standard InChI is InChI=1S/C14H18N2O2/c1-8-6-9(17-2)7-12-13(8)18-14(16-12)10-4-3-5-11(10)15/h6-7,10-11H,3-5,15H2,1-2H3. The highest BCUT2D eigenvalue weighted by Gasteiger charge is 2.29. The van der Waals surface area contributed by atoms with Crippen molar-refractivity contribution in [3.63, 3.8) is 0 Å². The Balaban J connectivity index is 2.07. The van der Waals surface area contributed by atoms with Crippen LogP contribution in [0.3, 0.4) is 0 Å². The summed E-state index contributed by atoms with van der Waals surface area (Å²) in [6.07, 6.45) is 3.29. The first-order valence-electron chi connectivity index (χ1n) is 6.39. The maximum Gasteiger partial charge on any atom is 0.200 e. The van der Waals surface area contributed by atoms with Crippen molar-refractivity contribution in [3.05, 3.63) is 23.6 Å². The van der Waals surface area contributed by atoms with Gasteiger partial charge in [0.25, 0.3) is 0 Å². The molecule has 3 rings (SSSR count). The van der Waals surface area contributed by atoms with Crippen molar-refractivity contribution >= 4 is 11.1 Å². The van der Waals surface area contributed by atoms with E-state index in [4.69, 9.17) is 14.9 Å². The molecule has 1 aliphatic rings. The summed E-state index contributed by atoms with van der Waals surface area (Å²) in [4.78, 5) is 4.59. The van der Waals surface area contributed by atoms with Gasteiger partial charge >= 0.3 is 0 Å². The van der Waals surface area contributed by atoms with Gasteiger partial charge in [-0.2, -0.15) is 0 Å².